The van der Waals surface area contributed by atoms with E-state index in [9.17, 15) is 14.0 Å². The molecule has 0 saturated heterocycles. The molecule has 2 aromatic rings. The summed E-state index contributed by atoms with van der Waals surface area (Å²) in [5.74, 6) is -1.52. The molecule has 3 rings (SSSR count). The molecule has 2 unspecified atom stereocenters. The number of nitriles is 1. The third-order valence-electron chi connectivity index (χ3n) is 7.91. The van der Waals surface area contributed by atoms with Crippen molar-refractivity contribution in [3.8, 4) is 6.07 Å². The third-order valence-corrected chi connectivity index (χ3v) is 7.91. The van der Waals surface area contributed by atoms with Crippen molar-refractivity contribution in [2.24, 2.45) is 5.92 Å². The molecule has 2 atom stereocenters. The van der Waals surface area contributed by atoms with Crippen molar-refractivity contribution in [3.05, 3.63) is 71.3 Å². The van der Waals surface area contributed by atoms with E-state index in [4.69, 9.17) is 0 Å². The lowest BCUT2D eigenvalue weighted by atomic mass is 9.63. The highest BCUT2D eigenvalue weighted by atomic mass is 19.2. The Bertz CT molecular complexity index is 931. The van der Waals surface area contributed by atoms with E-state index >= 15 is 0 Å². The maximum absolute atomic E-state index is 14.3. The molecule has 2 aromatic carbocycles. The molecule has 0 N–H and O–H groups in total. The minimum atomic E-state index is -0.855. The minimum absolute atomic E-state index is 0.186. The molecule has 0 aliphatic heterocycles. The molecule has 34 heavy (non-hydrogen) atoms. The van der Waals surface area contributed by atoms with Crippen molar-refractivity contribution in [2.75, 3.05) is 6.54 Å². The topological polar surface area (TPSA) is 27.0 Å². The fraction of sp³-hybridized carbons (Fsp3) is 0.567. The number of nitrogens with zero attached hydrogens (tertiary/aromatic N) is 2. The quantitative estimate of drug-likeness (QED) is 0.337. The number of rotatable bonds is 11. The fourth-order valence-corrected chi connectivity index (χ4v) is 5.93. The van der Waals surface area contributed by atoms with Crippen LogP contribution in [0.15, 0.2) is 48.5 Å². The van der Waals surface area contributed by atoms with Crippen LogP contribution in [-0.2, 0) is 11.8 Å². The predicted molar refractivity (Wildman–Crippen MR) is 136 cm³/mol. The molecule has 1 saturated carbocycles. The van der Waals surface area contributed by atoms with Crippen LogP contribution in [0.4, 0.5) is 8.78 Å². The van der Waals surface area contributed by atoms with Crippen molar-refractivity contribution in [3.63, 3.8) is 0 Å². The van der Waals surface area contributed by atoms with Crippen LogP contribution in [-0.4, -0.2) is 23.5 Å². The van der Waals surface area contributed by atoms with Crippen LogP contribution in [0.25, 0.3) is 0 Å². The van der Waals surface area contributed by atoms with Gasteiger partial charge in [0.1, 0.15) is 0 Å². The van der Waals surface area contributed by atoms with Gasteiger partial charge in [0.05, 0.1) is 11.5 Å². The normalized spacial score (nSPS) is 17.5. The first kappa shape index (κ1) is 26.4. The summed E-state index contributed by atoms with van der Waals surface area (Å²) in [5.41, 5.74) is 1.21. The lowest BCUT2D eigenvalue weighted by Crippen LogP contribution is -2.43. The highest BCUT2D eigenvalue weighted by molar-refractivity contribution is 5.35. The molecular weight excluding hydrogens is 426 g/mol. The van der Waals surface area contributed by atoms with Crippen molar-refractivity contribution in [1.82, 2.24) is 4.90 Å². The largest absolute Gasteiger partial charge is 0.298 e. The molecule has 1 aliphatic carbocycles. The molecule has 0 spiro atoms. The zero-order chi connectivity index (χ0) is 24.6. The van der Waals surface area contributed by atoms with Gasteiger partial charge in [0.25, 0.3) is 0 Å². The van der Waals surface area contributed by atoms with Crippen LogP contribution >= 0.6 is 0 Å². The maximum atomic E-state index is 14.3. The van der Waals surface area contributed by atoms with Crippen LogP contribution in [0.3, 0.4) is 0 Å². The highest BCUT2D eigenvalue weighted by Gasteiger charge is 2.42. The van der Waals surface area contributed by atoms with Crippen molar-refractivity contribution < 1.29 is 8.78 Å². The van der Waals surface area contributed by atoms with Crippen LogP contribution in [0, 0.1) is 28.9 Å². The lowest BCUT2D eigenvalue weighted by Gasteiger charge is -2.41. The van der Waals surface area contributed by atoms with Gasteiger partial charge < -0.3 is 0 Å². The molecule has 4 heteroatoms. The predicted octanol–water partition coefficient (Wildman–Crippen LogP) is 7.82. The monoisotopic (exact) mass is 466 g/mol. The van der Waals surface area contributed by atoms with Crippen molar-refractivity contribution >= 4 is 0 Å². The summed E-state index contributed by atoms with van der Waals surface area (Å²) < 4.78 is 28.0. The van der Waals surface area contributed by atoms with E-state index in [1.807, 2.05) is 6.07 Å². The second-order valence-corrected chi connectivity index (χ2v) is 10.2. The Morgan fingerprint density at radius 3 is 2.32 bits per heavy atom. The first-order chi connectivity index (χ1) is 16.4. The molecule has 184 valence electrons. The SMILES string of the molecule is CCC(CCC(C#N)(c1ccc(F)c(F)c1)C1CCCCC1)N(CCc1ccccc1)C(C)C. The summed E-state index contributed by atoms with van der Waals surface area (Å²) in [4.78, 5) is 2.56. The van der Waals surface area contributed by atoms with Crippen molar-refractivity contribution in [2.45, 2.75) is 96.1 Å². The summed E-state index contributed by atoms with van der Waals surface area (Å²) in [6, 6.07) is 18.1. The maximum Gasteiger partial charge on any atom is 0.159 e. The zero-order valence-electron chi connectivity index (χ0n) is 21.1. The van der Waals surface area contributed by atoms with Gasteiger partial charge in [-0.2, -0.15) is 5.26 Å². The minimum Gasteiger partial charge on any atom is -0.298 e. The molecule has 1 fully saturated rings. The lowest BCUT2D eigenvalue weighted by molar-refractivity contribution is 0.128. The molecule has 2 nitrogen and oxygen atoms in total. The van der Waals surface area contributed by atoms with Gasteiger partial charge in [-0.05, 0) is 81.5 Å². The average molecular weight is 467 g/mol. The first-order valence-corrected chi connectivity index (χ1v) is 13.1. The van der Waals surface area contributed by atoms with Gasteiger partial charge in [-0.25, -0.2) is 8.78 Å². The van der Waals surface area contributed by atoms with Gasteiger partial charge in [0, 0.05) is 18.6 Å². The highest BCUT2D eigenvalue weighted by Crippen LogP contribution is 2.45. The Kier molecular flexibility index (Phi) is 9.65. The van der Waals surface area contributed by atoms with E-state index in [1.165, 1.54) is 24.1 Å². The van der Waals surface area contributed by atoms with Gasteiger partial charge in [-0.3, -0.25) is 4.90 Å². The zero-order valence-corrected chi connectivity index (χ0v) is 21.1. The van der Waals surface area contributed by atoms with Crippen LogP contribution < -0.4 is 0 Å². The second kappa shape index (κ2) is 12.5. The summed E-state index contributed by atoms with van der Waals surface area (Å²) in [6.45, 7) is 7.66. The molecule has 0 bridgehead atoms. The van der Waals surface area contributed by atoms with Gasteiger partial charge in [0.2, 0.25) is 0 Å². The number of halogens is 2. The summed E-state index contributed by atoms with van der Waals surface area (Å²) in [6.07, 6.45) is 8.87. The van der Waals surface area contributed by atoms with E-state index < -0.39 is 17.0 Å². The second-order valence-electron chi connectivity index (χ2n) is 10.2. The summed E-state index contributed by atoms with van der Waals surface area (Å²) >= 11 is 0. The van der Waals surface area contributed by atoms with E-state index in [2.05, 4.69) is 56.0 Å². The Labute approximate surface area is 205 Å². The van der Waals surface area contributed by atoms with Gasteiger partial charge in [0.15, 0.2) is 11.6 Å². The van der Waals surface area contributed by atoms with Gasteiger partial charge >= 0.3 is 0 Å². The van der Waals surface area contributed by atoms with Gasteiger partial charge in [-0.15, -0.1) is 0 Å². The van der Waals surface area contributed by atoms with Gasteiger partial charge in [-0.1, -0.05) is 62.6 Å². The number of hydrogen-bond donors (Lipinski definition) is 0. The van der Waals surface area contributed by atoms with E-state index in [-0.39, 0.29) is 5.92 Å². The Morgan fingerprint density at radius 1 is 1.03 bits per heavy atom. The molecule has 0 aromatic heterocycles. The molecule has 0 radical (unpaired) electrons. The average Bonchev–Trinajstić information content (AvgIpc) is 2.86. The smallest absolute Gasteiger partial charge is 0.159 e. The summed E-state index contributed by atoms with van der Waals surface area (Å²) in [5, 5.41) is 10.5. The first-order valence-electron chi connectivity index (χ1n) is 13.1. The molecular formula is C30H40F2N2. The Hall–Kier alpha value is -2.25. The third kappa shape index (κ3) is 6.25. The molecule has 0 amide bonds. The van der Waals surface area contributed by atoms with Crippen molar-refractivity contribution in [1.29, 1.82) is 5.26 Å². The fourth-order valence-electron chi connectivity index (χ4n) is 5.93. The molecule has 0 heterocycles. The number of hydrogen-bond acceptors (Lipinski definition) is 2. The molecule has 1 aliphatic rings. The van der Waals surface area contributed by atoms with E-state index in [0.29, 0.717) is 24.1 Å². The van der Waals surface area contributed by atoms with E-state index in [1.54, 1.807) is 6.07 Å². The van der Waals surface area contributed by atoms with Crippen LogP contribution in [0.1, 0.15) is 83.3 Å². The Morgan fingerprint density at radius 2 is 1.74 bits per heavy atom. The number of benzene rings is 2. The van der Waals surface area contributed by atoms with Crippen LogP contribution in [0.5, 0.6) is 0 Å². The summed E-state index contributed by atoms with van der Waals surface area (Å²) in [7, 11) is 0. The van der Waals surface area contributed by atoms with E-state index in [0.717, 1.165) is 51.5 Å². The standard InChI is InChI=1S/C30H40F2N2/c1-4-27(34(23(2)3)20-18-24-11-7-5-8-12-24)17-19-30(22-33,25-13-9-6-10-14-25)26-15-16-28(31)29(32)21-26/h5,7-8,11-12,15-16,21,23,25,27H,4,6,9-10,13-14,17-20H2,1-3H3. The van der Waals surface area contributed by atoms with Crippen LogP contribution in [0.2, 0.25) is 0 Å². The Balaban J connectivity index is 1.83.